The van der Waals surface area contributed by atoms with Crippen molar-refractivity contribution in [3.63, 3.8) is 0 Å². The summed E-state index contributed by atoms with van der Waals surface area (Å²) >= 11 is 0. The van der Waals surface area contributed by atoms with Gasteiger partial charge in [-0.2, -0.15) is 0 Å². The molecule has 3 aromatic rings. The Morgan fingerprint density at radius 3 is 1.37 bits per heavy atom. The minimum absolute atomic E-state index is 0.00233. The molecule has 0 heterocycles. The Bertz CT molecular complexity index is 5120. The second kappa shape index (κ2) is 30.7. The third kappa shape index (κ3) is 13.6. The van der Waals surface area contributed by atoms with Gasteiger partial charge in [0.25, 0.3) is 17.7 Å². The highest BCUT2D eigenvalue weighted by Gasteiger charge is 2.70. The van der Waals surface area contributed by atoms with Gasteiger partial charge in [-0.05, 0) is 144 Å². The average molecular weight is 1610 g/mol. The summed E-state index contributed by atoms with van der Waals surface area (Å²) < 4.78 is 11.9. The number of rotatable bonds is 15. The lowest BCUT2D eigenvalue weighted by atomic mass is 9.54. The Morgan fingerprint density at radius 1 is 0.557 bits per heavy atom. The molecule has 616 valence electrons. The lowest BCUT2D eigenvalue weighted by Gasteiger charge is -2.53. The van der Waals surface area contributed by atoms with Crippen LogP contribution in [0.3, 0.4) is 0 Å². The smallest absolute Gasteiger partial charge is 0.255 e. The number of allylic oxidation sites excluding steroid dienone is 2. The molecule has 3 aromatic carbocycles. The van der Waals surface area contributed by atoms with E-state index in [9.17, 15) is 123 Å². The highest BCUT2D eigenvalue weighted by atomic mass is 32.2. The minimum atomic E-state index is -2.96. The predicted molar refractivity (Wildman–Crippen MR) is 418 cm³/mol. The van der Waals surface area contributed by atoms with Gasteiger partial charge in [0.15, 0.2) is 39.9 Å². The van der Waals surface area contributed by atoms with Crippen molar-refractivity contribution in [2.45, 2.75) is 113 Å². The van der Waals surface area contributed by atoms with Gasteiger partial charge in [0, 0.05) is 114 Å². The van der Waals surface area contributed by atoms with E-state index in [1.807, 2.05) is 20.8 Å². The Hall–Kier alpha value is -11.0. The Balaban J connectivity index is 0.000000183. The van der Waals surface area contributed by atoms with Crippen molar-refractivity contribution < 1.29 is 123 Å². The zero-order valence-corrected chi connectivity index (χ0v) is 66.7. The van der Waals surface area contributed by atoms with Gasteiger partial charge < -0.3 is 93.4 Å². The summed E-state index contributed by atoms with van der Waals surface area (Å²) in [5, 5.41) is 147. The highest BCUT2D eigenvalue weighted by Crippen LogP contribution is 2.60. The zero-order chi connectivity index (χ0) is 86.2. The molecule has 19 N–H and O–H groups in total. The molecule has 0 bridgehead atoms. The number of Topliss-reactive ketones (excluding diaryl/α,β-unsaturated/α-hetero) is 6. The van der Waals surface area contributed by atoms with Gasteiger partial charge in [-0.1, -0.05) is 39.8 Å². The number of carbonyl (C=O) groups excluding carboxylic acids is 11. The molecule has 3 amide bonds. The number of ketones is 7. The molecule has 33 nitrogen and oxygen atoms in total. The van der Waals surface area contributed by atoms with Crippen LogP contribution in [0.2, 0.25) is 0 Å². The summed E-state index contributed by atoms with van der Waals surface area (Å²) in [6.45, 7) is 7.43. The summed E-state index contributed by atoms with van der Waals surface area (Å²) in [5.41, 5.74) is 7.07. The number of primary amides is 3. The number of phenolic OH excluding ortho intramolecular Hbond substituents is 3. The molecule has 15 atom stereocenters. The van der Waals surface area contributed by atoms with E-state index in [1.165, 1.54) is 59.3 Å². The number of phenols is 3. The molecule has 0 radical (unpaired) electrons. The third-order valence-electron chi connectivity index (χ3n) is 23.5. The maximum Gasteiger partial charge on any atom is 0.255 e. The predicted octanol–water partition coefficient (Wildman–Crippen LogP) is 1.66. The van der Waals surface area contributed by atoms with E-state index < -0.39 is 208 Å². The van der Waals surface area contributed by atoms with Crippen LogP contribution >= 0.6 is 0 Å². The van der Waals surface area contributed by atoms with Gasteiger partial charge in [-0.15, -0.1) is 0 Å². The minimum Gasteiger partial charge on any atom is -0.508 e. The molecule has 12 rings (SSSR count). The monoisotopic (exact) mass is 1610 g/mol. The SMILES string of the molecule is CN(C)c1cc(/C=C/C(=O)CC(C)(C)C)c(O)c2c1C[C@H]1C[C@H]3[C@H](N(C)C)C(=O)C(C(N)=O)=C(O)[C@@]3(O)C(=O)C1=C2O.CN(C)c1cc(CS(C)=O)c(O)c2c1C[C@H]1C[C@H]3[C@H](N(C)C)C(=O)C(C(N)=O)=C(O)[C@@]3(O)C(=O)C1=C2O.C[C@H]1c2ccc(/C=C/C=O)c(O)c2C(O)=C2C(=O)[C@]3(O)C(O)=C(C(N)=O)C(=O)[C@@H](N(C)C)[C@@H]3[C@@H](O)[C@@H]21. The average Bonchev–Trinajstić information content (AvgIpc) is 0.687. The molecule has 34 heteroatoms. The van der Waals surface area contributed by atoms with E-state index in [0.29, 0.717) is 39.9 Å². The number of benzene rings is 3. The largest absolute Gasteiger partial charge is 0.508 e. The molecule has 9 aliphatic rings. The molecule has 0 saturated heterocycles. The van der Waals surface area contributed by atoms with Crippen LogP contribution in [0.25, 0.3) is 29.4 Å². The fourth-order valence-electron chi connectivity index (χ4n) is 18.6. The summed E-state index contributed by atoms with van der Waals surface area (Å²) in [4.78, 5) is 149. The number of nitrogens with two attached hydrogens (primary N) is 3. The highest BCUT2D eigenvalue weighted by molar-refractivity contribution is 7.83. The maximum absolute atomic E-state index is 14.1. The summed E-state index contributed by atoms with van der Waals surface area (Å²) in [5.74, 6) is -23.7. The van der Waals surface area contributed by atoms with Crippen LogP contribution in [0.5, 0.6) is 17.2 Å². The number of fused-ring (bicyclic) bond motifs is 9. The van der Waals surface area contributed by atoms with E-state index in [-0.39, 0.29) is 99.5 Å². The maximum atomic E-state index is 14.1. The number of nitrogens with zero attached hydrogens (tertiary/aromatic N) is 5. The van der Waals surface area contributed by atoms with Crippen LogP contribution in [0.4, 0.5) is 11.4 Å². The number of hydrogen-bond donors (Lipinski definition) is 16. The van der Waals surface area contributed by atoms with Gasteiger partial charge in [0.2, 0.25) is 17.3 Å². The molecular formula is C81H96N8O25S. The number of aliphatic hydroxyl groups excluding tert-OH is 7. The number of likely N-dealkylation sites (N-methyl/N-ethyl adjacent to an activating group) is 3. The van der Waals surface area contributed by atoms with Crippen LogP contribution in [0.15, 0.2) is 87.1 Å². The first-order chi connectivity index (χ1) is 53.3. The summed E-state index contributed by atoms with van der Waals surface area (Å²) in [6.07, 6.45) is 6.18. The Labute approximate surface area is 662 Å². The topological polar surface area (TPSA) is 562 Å². The molecular weight excluding hydrogens is 1520 g/mol. The Morgan fingerprint density at radius 2 is 0.957 bits per heavy atom. The second-order valence-electron chi connectivity index (χ2n) is 32.9. The fraction of sp³-hybridized carbons (Fsp3) is 0.444. The van der Waals surface area contributed by atoms with Crippen LogP contribution in [-0.4, -0.2) is 268 Å². The van der Waals surface area contributed by atoms with Crippen molar-refractivity contribution in [1.29, 1.82) is 0 Å². The van der Waals surface area contributed by atoms with Gasteiger partial charge in [0.1, 0.15) is 74.8 Å². The number of aliphatic hydroxyl groups is 10. The number of amides is 3. The van der Waals surface area contributed by atoms with Crippen molar-refractivity contribution in [3.05, 3.63) is 137 Å². The van der Waals surface area contributed by atoms with Crippen molar-refractivity contribution in [1.82, 2.24) is 14.7 Å². The zero-order valence-electron chi connectivity index (χ0n) is 65.9. The lowest BCUT2D eigenvalue weighted by molar-refractivity contribution is -0.169. The number of aromatic hydroxyl groups is 3. The van der Waals surface area contributed by atoms with Crippen molar-refractivity contribution >= 4 is 116 Å². The van der Waals surface area contributed by atoms with Gasteiger partial charge in [-0.3, -0.25) is 71.6 Å². The lowest BCUT2D eigenvalue weighted by Crippen LogP contribution is -2.70. The third-order valence-corrected chi connectivity index (χ3v) is 24.2. The van der Waals surface area contributed by atoms with Crippen molar-refractivity contribution in [2.24, 2.45) is 58.1 Å². The first kappa shape index (κ1) is 86.4. The van der Waals surface area contributed by atoms with Gasteiger partial charge >= 0.3 is 0 Å². The Kier molecular flexibility index (Phi) is 23.0. The van der Waals surface area contributed by atoms with E-state index in [1.54, 1.807) is 91.3 Å². The van der Waals surface area contributed by atoms with Crippen LogP contribution in [0.1, 0.15) is 103 Å². The molecule has 1 unspecified atom stereocenters. The van der Waals surface area contributed by atoms with Crippen LogP contribution in [0, 0.1) is 40.9 Å². The van der Waals surface area contributed by atoms with Crippen molar-refractivity contribution in [3.8, 4) is 17.2 Å². The van der Waals surface area contributed by atoms with E-state index in [4.69, 9.17) is 17.2 Å². The molecule has 0 aromatic heterocycles. The standard InChI is InChI=1S/C31H39N3O8.C25H31N3O8S.C25H26N2O9/c1-30(2,3)13-16(35)9-8-14-12-19(33(4)5)17-10-15-11-18-23(34(6)7)26(38)22(29(32)41)28(40)31(18,42)27(39)20(15)25(37)21(17)24(14)36;1-27(2)14-8-11(9-37(5)36)19(29)16-12(14)6-10-7-13-18(28(3)4)21(31)17(24(26)34)23(33)25(13,35)22(32)15(10)20(16)30;1-9-11-7-6-10(5-4-8-28)18(29)13(11)19(30)14-12(9)20(31)16-17(27(2)3)21(32)15(24(26)35)23(34)25(16,36)22(14)33/h8-9,12,15,18,23,36-37,40,42H,10-11,13H2,1-7H3,(H2,32,41);8,10,13,18,29-30,33,35H,6-7,9H2,1-5H3,(H2,26,34);4-9,12,16-17,20,29-31,34,36H,1-3H3,(H2,26,35)/b9-8+;;5-4+/t15-,18-,23-,31-;10-,13-,18-,25-,37?;9-,12+,16+,17-,20-,25-/m000/s1. The number of carbonyl (C=O) groups is 11. The van der Waals surface area contributed by atoms with E-state index in [2.05, 4.69) is 0 Å². The quantitative estimate of drug-likeness (QED) is 0.0584. The normalized spacial score (nSPS) is 28.6. The van der Waals surface area contributed by atoms with Crippen LogP contribution in [-0.2, 0) is 82.1 Å². The van der Waals surface area contributed by atoms with Crippen LogP contribution < -0.4 is 27.0 Å². The van der Waals surface area contributed by atoms with E-state index >= 15 is 0 Å². The van der Waals surface area contributed by atoms with Crippen molar-refractivity contribution in [2.75, 3.05) is 86.5 Å². The molecule has 115 heavy (non-hydrogen) atoms. The van der Waals surface area contributed by atoms with E-state index in [0.717, 1.165) is 6.08 Å². The fourth-order valence-corrected chi connectivity index (χ4v) is 19.2. The molecule has 9 aliphatic carbocycles. The molecule has 3 saturated carbocycles. The number of aldehydes is 1. The first-order valence-corrected chi connectivity index (χ1v) is 38.2. The molecule has 3 fully saturated rings. The molecule has 0 aliphatic heterocycles. The summed E-state index contributed by atoms with van der Waals surface area (Å²) in [7, 11) is 14.9. The second-order valence-corrected chi connectivity index (χ2v) is 34.4. The molecule has 0 spiro atoms. The first-order valence-electron chi connectivity index (χ1n) is 36.5. The number of hydrogen-bond acceptors (Lipinski definition) is 30. The van der Waals surface area contributed by atoms with Gasteiger partial charge in [0.05, 0.1) is 52.6 Å². The summed E-state index contributed by atoms with van der Waals surface area (Å²) in [6, 6.07) is 2.74. The number of anilines is 2. The van der Waals surface area contributed by atoms with Gasteiger partial charge in [-0.25, -0.2) is 0 Å².